The highest BCUT2D eigenvalue weighted by Gasteiger charge is 2.38. The summed E-state index contributed by atoms with van der Waals surface area (Å²) in [6, 6.07) is 7.47. The number of rotatable bonds is 6. The predicted molar refractivity (Wildman–Crippen MR) is 108 cm³/mol. The summed E-state index contributed by atoms with van der Waals surface area (Å²) in [5, 5.41) is 12.4. The largest absolute Gasteiger partial charge is 0.544 e. The molecule has 1 atom stereocenters. The van der Waals surface area contributed by atoms with E-state index < -0.39 is 26.1 Å². The number of benzene rings is 1. The third-order valence-corrected chi connectivity index (χ3v) is 8.88. The molecule has 0 spiro atoms. The van der Waals surface area contributed by atoms with Gasteiger partial charge in [-0.25, -0.2) is 4.79 Å². The van der Waals surface area contributed by atoms with Crippen LogP contribution < -0.4 is 9.74 Å². The Bertz CT molecular complexity index is 585. The summed E-state index contributed by atoms with van der Waals surface area (Å²) in [6.45, 7) is 16.3. The summed E-state index contributed by atoms with van der Waals surface area (Å²) in [4.78, 5) is 11.9. The first-order valence-electron chi connectivity index (χ1n) is 9.12. The van der Waals surface area contributed by atoms with E-state index in [2.05, 4.69) is 39.2 Å². The van der Waals surface area contributed by atoms with Crippen molar-refractivity contribution in [2.75, 3.05) is 6.61 Å². The van der Waals surface area contributed by atoms with E-state index in [4.69, 9.17) is 9.16 Å². The average Bonchev–Trinajstić information content (AvgIpc) is 2.45. The zero-order valence-electron chi connectivity index (χ0n) is 17.5. The van der Waals surface area contributed by atoms with Gasteiger partial charge in [0.15, 0.2) is 0 Å². The molecule has 0 saturated heterocycles. The maximum atomic E-state index is 11.9. The Hall–Kier alpha value is -1.53. The number of carbonyl (C=O) groups is 1. The lowest BCUT2D eigenvalue weighted by molar-refractivity contribution is 0.0483. The van der Waals surface area contributed by atoms with E-state index in [0.29, 0.717) is 6.42 Å². The molecule has 0 aliphatic rings. The molecule has 5 nitrogen and oxygen atoms in total. The van der Waals surface area contributed by atoms with Crippen LogP contribution in [0.2, 0.25) is 18.1 Å². The van der Waals surface area contributed by atoms with E-state index >= 15 is 0 Å². The number of hydrogen-bond acceptors (Lipinski definition) is 4. The second-order valence-corrected chi connectivity index (χ2v) is 14.0. The van der Waals surface area contributed by atoms with Crippen molar-refractivity contribution in [2.24, 2.45) is 0 Å². The molecule has 0 fully saturated rings. The van der Waals surface area contributed by atoms with Crippen LogP contribution in [-0.4, -0.2) is 37.8 Å². The standard InChI is InChI=1S/C20H35NO4Si/c1-19(2,3)24-18(23)21-16(14-22)13-15-9-11-17(12-10-15)25-26(7,8)20(4,5)6/h9-12,16,22H,13-14H2,1-8H3,(H,21,23)/t16-/m0/s1. The molecule has 0 aromatic heterocycles. The lowest BCUT2D eigenvalue weighted by atomic mass is 10.1. The van der Waals surface area contributed by atoms with Crippen molar-refractivity contribution in [1.82, 2.24) is 5.32 Å². The van der Waals surface area contributed by atoms with Crippen LogP contribution in [0.5, 0.6) is 5.75 Å². The summed E-state index contributed by atoms with van der Waals surface area (Å²) in [5.74, 6) is 0.862. The fourth-order valence-electron chi connectivity index (χ4n) is 2.06. The molecule has 0 bridgehead atoms. The minimum absolute atomic E-state index is 0.144. The highest BCUT2D eigenvalue weighted by atomic mass is 28.4. The van der Waals surface area contributed by atoms with Gasteiger partial charge in [0.25, 0.3) is 0 Å². The molecule has 1 rings (SSSR count). The minimum Gasteiger partial charge on any atom is -0.544 e. The van der Waals surface area contributed by atoms with Crippen molar-refractivity contribution in [3.8, 4) is 5.75 Å². The van der Waals surface area contributed by atoms with Gasteiger partial charge < -0.3 is 19.6 Å². The summed E-state index contributed by atoms with van der Waals surface area (Å²) < 4.78 is 11.5. The first-order chi connectivity index (χ1) is 11.7. The Balaban J connectivity index is 2.69. The van der Waals surface area contributed by atoms with Crippen LogP contribution in [0.15, 0.2) is 24.3 Å². The smallest absolute Gasteiger partial charge is 0.407 e. The summed E-state index contributed by atoms with van der Waals surface area (Å²) >= 11 is 0. The van der Waals surface area contributed by atoms with Gasteiger partial charge in [0, 0.05) is 0 Å². The summed E-state index contributed by atoms with van der Waals surface area (Å²) in [7, 11) is -1.86. The summed E-state index contributed by atoms with van der Waals surface area (Å²) in [6.07, 6.45) is 0.00488. The number of amides is 1. The molecule has 0 radical (unpaired) electrons. The normalized spacial score (nSPS) is 13.9. The first-order valence-corrected chi connectivity index (χ1v) is 12.0. The molecule has 0 heterocycles. The van der Waals surface area contributed by atoms with Crippen LogP contribution in [0.1, 0.15) is 47.1 Å². The minimum atomic E-state index is -1.86. The molecule has 0 aliphatic carbocycles. The third-order valence-electron chi connectivity index (χ3n) is 4.53. The van der Waals surface area contributed by atoms with Gasteiger partial charge in [-0.15, -0.1) is 0 Å². The zero-order chi connectivity index (χ0) is 20.2. The molecule has 1 aromatic rings. The molecular weight excluding hydrogens is 346 g/mol. The number of alkyl carbamates (subject to hydrolysis) is 1. The van der Waals surface area contributed by atoms with Crippen molar-refractivity contribution in [3.05, 3.63) is 29.8 Å². The molecule has 2 N–H and O–H groups in total. The van der Waals surface area contributed by atoms with Gasteiger partial charge in [0.1, 0.15) is 11.4 Å². The Labute approximate surface area is 159 Å². The van der Waals surface area contributed by atoms with Crippen molar-refractivity contribution in [1.29, 1.82) is 0 Å². The van der Waals surface area contributed by atoms with E-state index in [-0.39, 0.29) is 11.6 Å². The highest BCUT2D eigenvalue weighted by Crippen LogP contribution is 2.37. The number of aliphatic hydroxyl groups excluding tert-OH is 1. The van der Waals surface area contributed by atoms with E-state index in [9.17, 15) is 9.90 Å². The van der Waals surface area contributed by atoms with Gasteiger partial charge in [-0.3, -0.25) is 0 Å². The monoisotopic (exact) mass is 381 g/mol. The number of carbonyl (C=O) groups excluding carboxylic acids is 1. The van der Waals surface area contributed by atoms with Crippen molar-refractivity contribution in [3.63, 3.8) is 0 Å². The lowest BCUT2D eigenvalue weighted by Crippen LogP contribution is -2.43. The van der Waals surface area contributed by atoms with Gasteiger partial charge in [-0.1, -0.05) is 32.9 Å². The van der Waals surface area contributed by atoms with Crippen LogP contribution in [-0.2, 0) is 11.2 Å². The van der Waals surface area contributed by atoms with E-state index in [0.717, 1.165) is 11.3 Å². The average molecular weight is 382 g/mol. The van der Waals surface area contributed by atoms with E-state index in [1.165, 1.54) is 0 Å². The zero-order valence-corrected chi connectivity index (χ0v) is 18.5. The second-order valence-electron chi connectivity index (χ2n) is 9.24. The topological polar surface area (TPSA) is 67.8 Å². The molecule has 148 valence electrons. The molecule has 0 saturated carbocycles. The fraction of sp³-hybridized carbons (Fsp3) is 0.650. The molecule has 1 amide bonds. The summed E-state index contributed by atoms with van der Waals surface area (Å²) in [5.41, 5.74) is 0.454. The van der Waals surface area contributed by atoms with Gasteiger partial charge in [0.05, 0.1) is 12.6 Å². The van der Waals surface area contributed by atoms with Crippen LogP contribution >= 0.6 is 0 Å². The van der Waals surface area contributed by atoms with Crippen LogP contribution in [0.3, 0.4) is 0 Å². The van der Waals surface area contributed by atoms with Crippen LogP contribution in [0.4, 0.5) is 4.79 Å². The molecule has 1 aromatic carbocycles. The number of aliphatic hydroxyl groups is 1. The van der Waals surface area contributed by atoms with Gasteiger partial charge in [-0.05, 0) is 63.0 Å². The lowest BCUT2D eigenvalue weighted by Gasteiger charge is -2.36. The molecule has 0 aliphatic heterocycles. The number of ether oxygens (including phenoxy) is 1. The number of nitrogens with one attached hydrogen (secondary N) is 1. The Kier molecular flexibility index (Phi) is 7.30. The van der Waals surface area contributed by atoms with Crippen molar-refractivity contribution in [2.45, 2.75) is 77.7 Å². The predicted octanol–water partition coefficient (Wildman–Crippen LogP) is 4.50. The molecule has 26 heavy (non-hydrogen) atoms. The van der Waals surface area contributed by atoms with Gasteiger partial charge in [0.2, 0.25) is 8.32 Å². The quantitative estimate of drug-likeness (QED) is 0.712. The maximum absolute atomic E-state index is 11.9. The Morgan fingerprint density at radius 1 is 1.12 bits per heavy atom. The second kappa shape index (κ2) is 8.44. The third kappa shape index (κ3) is 7.38. The molecule has 0 unspecified atom stereocenters. The highest BCUT2D eigenvalue weighted by molar-refractivity contribution is 6.74. The van der Waals surface area contributed by atoms with Crippen molar-refractivity contribution >= 4 is 14.4 Å². The first kappa shape index (κ1) is 22.5. The van der Waals surface area contributed by atoms with Crippen LogP contribution in [0.25, 0.3) is 0 Å². The fourth-order valence-corrected chi connectivity index (χ4v) is 3.09. The SMILES string of the molecule is CC(C)(C)OC(=O)N[C@H](CO)Cc1ccc(O[Si](C)(C)C(C)(C)C)cc1. The van der Waals surface area contributed by atoms with Gasteiger partial charge >= 0.3 is 6.09 Å². The molecular formula is C20H35NO4Si. The Morgan fingerprint density at radius 3 is 2.08 bits per heavy atom. The maximum Gasteiger partial charge on any atom is 0.407 e. The number of hydrogen-bond donors (Lipinski definition) is 2. The van der Waals surface area contributed by atoms with Crippen molar-refractivity contribution < 1.29 is 19.1 Å². The Morgan fingerprint density at radius 2 is 1.65 bits per heavy atom. The van der Waals surface area contributed by atoms with E-state index in [1.54, 1.807) is 0 Å². The van der Waals surface area contributed by atoms with Crippen LogP contribution in [0, 0.1) is 0 Å². The van der Waals surface area contributed by atoms with Gasteiger partial charge in [-0.2, -0.15) is 0 Å². The molecule has 6 heteroatoms. The van der Waals surface area contributed by atoms with E-state index in [1.807, 2.05) is 45.0 Å².